The van der Waals surface area contributed by atoms with Crippen LogP contribution >= 0.6 is 0 Å². The molecule has 2 N–H and O–H groups in total. The Bertz CT molecular complexity index is 517. The highest BCUT2D eigenvalue weighted by Gasteiger charge is 2.19. The van der Waals surface area contributed by atoms with Gasteiger partial charge in [-0.05, 0) is 57.0 Å². The number of rotatable bonds is 5. The molecule has 2 rings (SSSR count). The average molecular weight is 296 g/mol. The van der Waals surface area contributed by atoms with Crippen molar-refractivity contribution in [1.29, 1.82) is 0 Å². The summed E-state index contributed by atoms with van der Waals surface area (Å²) in [5.74, 6) is 0.147. The maximum atomic E-state index is 11.7. The summed E-state index contributed by atoms with van der Waals surface area (Å²) in [5.41, 5.74) is 1.01. The molecule has 1 aromatic carbocycles. The molecule has 0 bridgehead atoms. The topological polar surface area (TPSA) is 58.2 Å². The largest absolute Gasteiger partial charge is 0.382 e. The Hall–Kier alpha value is -1.07. The molecular weight excluding hydrogens is 272 g/mol. The van der Waals surface area contributed by atoms with Crippen LogP contribution in [-0.2, 0) is 9.84 Å². The second-order valence-electron chi connectivity index (χ2n) is 5.41. The predicted octanol–water partition coefficient (Wildman–Crippen LogP) is 2.42. The van der Waals surface area contributed by atoms with Crippen molar-refractivity contribution in [2.45, 2.75) is 49.6 Å². The van der Waals surface area contributed by atoms with Gasteiger partial charge in [-0.1, -0.05) is 6.92 Å². The number of anilines is 1. The molecule has 0 spiro atoms. The summed E-state index contributed by atoms with van der Waals surface area (Å²) >= 11 is 0. The smallest absolute Gasteiger partial charge is 0.178 e. The van der Waals surface area contributed by atoms with Crippen LogP contribution < -0.4 is 10.6 Å². The first-order valence-corrected chi connectivity index (χ1v) is 8.97. The summed E-state index contributed by atoms with van der Waals surface area (Å²) in [5, 5.41) is 6.82. The van der Waals surface area contributed by atoms with Crippen LogP contribution in [0.4, 0.5) is 5.69 Å². The van der Waals surface area contributed by atoms with Gasteiger partial charge in [0.1, 0.15) is 0 Å². The van der Waals surface area contributed by atoms with Gasteiger partial charge in [0.25, 0.3) is 0 Å². The van der Waals surface area contributed by atoms with Gasteiger partial charge in [0.15, 0.2) is 9.84 Å². The maximum Gasteiger partial charge on any atom is 0.178 e. The van der Waals surface area contributed by atoms with E-state index in [1.807, 2.05) is 19.2 Å². The third kappa shape index (κ3) is 3.73. The van der Waals surface area contributed by atoms with Gasteiger partial charge >= 0.3 is 0 Å². The number of nitrogens with one attached hydrogen (secondary N) is 2. The minimum absolute atomic E-state index is 0.147. The third-order valence-electron chi connectivity index (χ3n) is 4.10. The van der Waals surface area contributed by atoms with Crippen LogP contribution in [0.1, 0.15) is 32.6 Å². The van der Waals surface area contributed by atoms with E-state index in [2.05, 4.69) is 10.6 Å². The molecule has 0 heterocycles. The van der Waals surface area contributed by atoms with E-state index in [9.17, 15) is 8.42 Å². The van der Waals surface area contributed by atoms with E-state index in [1.165, 1.54) is 12.8 Å². The van der Waals surface area contributed by atoms with Gasteiger partial charge in [-0.3, -0.25) is 0 Å². The van der Waals surface area contributed by atoms with Crippen LogP contribution in [0.2, 0.25) is 0 Å². The Morgan fingerprint density at radius 3 is 2.10 bits per heavy atom. The third-order valence-corrected chi connectivity index (χ3v) is 5.85. The van der Waals surface area contributed by atoms with Crippen LogP contribution in [0.25, 0.3) is 0 Å². The molecule has 4 nitrogen and oxygen atoms in total. The first kappa shape index (κ1) is 15.3. The zero-order valence-electron chi connectivity index (χ0n) is 12.2. The van der Waals surface area contributed by atoms with Crippen molar-refractivity contribution in [1.82, 2.24) is 5.32 Å². The van der Waals surface area contributed by atoms with E-state index in [4.69, 9.17) is 0 Å². The Kier molecular flexibility index (Phi) is 5.05. The van der Waals surface area contributed by atoms with Crippen molar-refractivity contribution in [3.05, 3.63) is 24.3 Å². The standard InChI is InChI=1S/C15H24N2O2S/c1-3-20(18,19)15-10-8-14(9-11-15)17-13-6-4-12(16-2)5-7-13/h8-13,16-17H,3-7H2,1-2H3. The second-order valence-corrected chi connectivity index (χ2v) is 7.69. The predicted molar refractivity (Wildman–Crippen MR) is 82.9 cm³/mol. The maximum absolute atomic E-state index is 11.7. The van der Waals surface area contributed by atoms with Gasteiger partial charge in [-0.2, -0.15) is 0 Å². The first-order chi connectivity index (χ1) is 9.55. The summed E-state index contributed by atoms with van der Waals surface area (Å²) in [6.45, 7) is 1.67. The fourth-order valence-corrected chi connectivity index (χ4v) is 3.57. The summed E-state index contributed by atoms with van der Waals surface area (Å²) in [6, 6.07) is 8.26. The molecule has 1 aromatic rings. The lowest BCUT2D eigenvalue weighted by molar-refractivity contribution is 0.371. The molecule has 1 aliphatic carbocycles. The van der Waals surface area contributed by atoms with Crippen LogP contribution in [0.3, 0.4) is 0 Å². The molecule has 0 aromatic heterocycles. The van der Waals surface area contributed by atoms with E-state index in [-0.39, 0.29) is 5.75 Å². The molecule has 5 heteroatoms. The molecule has 1 saturated carbocycles. The Labute approximate surface area is 121 Å². The Morgan fingerprint density at radius 1 is 1.05 bits per heavy atom. The Balaban J connectivity index is 1.95. The molecule has 0 saturated heterocycles. The highest BCUT2D eigenvalue weighted by atomic mass is 32.2. The first-order valence-electron chi connectivity index (χ1n) is 7.31. The van der Waals surface area contributed by atoms with E-state index in [1.54, 1.807) is 19.1 Å². The molecule has 0 unspecified atom stereocenters. The monoisotopic (exact) mass is 296 g/mol. The minimum Gasteiger partial charge on any atom is -0.382 e. The number of hydrogen-bond donors (Lipinski definition) is 2. The molecule has 0 atom stereocenters. The van der Waals surface area contributed by atoms with Gasteiger partial charge in [0, 0.05) is 17.8 Å². The lowest BCUT2D eigenvalue weighted by Gasteiger charge is -2.29. The summed E-state index contributed by atoms with van der Waals surface area (Å²) < 4.78 is 23.5. The molecule has 20 heavy (non-hydrogen) atoms. The zero-order valence-corrected chi connectivity index (χ0v) is 13.0. The van der Waals surface area contributed by atoms with Crippen molar-refractivity contribution >= 4 is 15.5 Å². The van der Waals surface area contributed by atoms with Crippen LogP contribution in [0.15, 0.2) is 29.2 Å². The van der Waals surface area contributed by atoms with Crippen molar-refractivity contribution in [3.8, 4) is 0 Å². The van der Waals surface area contributed by atoms with Gasteiger partial charge in [0.05, 0.1) is 10.6 Å². The van der Waals surface area contributed by atoms with E-state index < -0.39 is 9.84 Å². The normalized spacial score (nSPS) is 23.5. The van der Waals surface area contributed by atoms with E-state index >= 15 is 0 Å². The number of sulfone groups is 1. The number of benzene rings is 1. The molecular formula is C15H24N2O2S. The molecule has 0 radical (unpaired) electrons. The van der Waals surface area contributed by atoms with E-state index in [0.29, 0.717) is 17.0 Å². The molecule has 0 aliphatic heterocycles. The fourth-order valence-electron chi connectivity index (χ4n) is 2.69. The van der Waals surface area contributed by atoms with Crippen molar-refractivity contribution in [3.63, 3.8) is 0 Å². The highest BCUT2D eigenvalue weighted by Crippen LogP contribution is 2.23. The van der Waals surface area contributed by atoms with Crippen LogP contribution in [-0.4, -0.2) is 33.3 Å². The fraction of sp³-hybridized carbons (Fsp3) is 0.600. The van der Waals surface area contributed by atoms with Crippen LogP contribution in [0.5, 0.6) is 0 Å². The van der Waals surface area contributed by atoms with Crippen molar-refractivity contribution in [2.24, 2.45) is 0 Å². The lowest BCUT2D eigenvalue weighted by atomic mass is 9.91. The summed E-state index contributed by atoms with van der Waals surface area (Å²) in [6.07, 6.45) is 4.69. The van der Waals surface area contributed by atoms with Gasteiger partial charge in [0.2, 0.25) is 0 Å². The Morgan fingerprint density at radius 2 is 1.60 bits per heavy atom. The lowest BCUT2D eigenvalue weighted by Crippen LogP contribution is -2.34. The molecule has 1 aliphatic rings. The molecule has 1 fully saturated rings. The van der Waals surface area contributed by atoms with Gasteiger partial charge in [-0.15, -0.1) is 0 Å². The highest BCUT2D eigenvalue weighted by molar-refractivity contribution is 7.91. The van der Waals surface area contributed by atoms with E-state index in [0.717, 1.165) is 18.5 Å². The number of hydrogen-bond acceptors (Lipinski definition) is 4. The van der Waals surface area contributed by atoms with Gasteiger partial charge in [-0.25, -0.2) is 8.42 Å². The summed E-state index contributed by atoms with van der Waals surface area (Å²) in [4.78, 5) is 0.407. The van der Waals surface area contributed by atoms with Crippen molar-refractivity contribution in [2.75, 3.05) is 18.1 Å². The SMILES string of the molecule is CCS(=O)(=O)c1ccc(NC2CCC(NC)CC2)cc1. The minimum atomic E-state index is -3.09. The average Bonchev–Trinajstić information content (AvgIpc) is 2.48. The van der Waals surface area contributed by atoms with Crippen LogP contribution in [0, 0.1) is 0 Å². The van der Waals surface area contributed by atoms with Crippen molar-refractivity contribution < 1.29 is 8.42 Å². The van der Waals surface area contributed by atoms with Gasteiger partial charge < -0.3 is 10.6 Å². The zero-order chi connectivity index (χ0) is 14.6. The quantitative estimate of drug-likeness (QED) is 0.876. The summed E-state index contributed by atoms with van der Waals surface area (Å²) in [7, 11) is -1.08. The molecule has 0 amide bonds. The molecule has 112 valence electrons. The second kappa shape index (κ2) is 6.59.